The van der Waals surface area contributed by atoms with Gasteiger partial charge in [-0.2, -0.15) is 18.3 Å². The van der Waals surface area contributed by atoms with Crippen LogP contribution < -0.4 is 14.8 Å². The van der Waals surface area contributed by atoms with Crippen LogP contribution in [0.4, 0.5) is 13.2 Å². The predicted molar refractivity (Wildman–Crippen MR) is 95.8 cm³/mol. The number of halogens is 3. The average Bonchev–Trinajstić information content (AvgIpc) is 3.33. The fourth-order valence-corrected chi connectivity index (χ4v) is 3.87. The molecule has 1 N–H and O–H groups in total. The van der Waals surface area contributed by atoms with Crippen LogP contribution in [0.1, 0.15) is 12.8 Å². The summed E-state index contributed by atoms with van der Waals surface area (Å²) in [4.78, 5) is 15.7. The van der Waals surface area contributed by atoms with Crippen molar-refractivity contribution in [1.29, 1.82) is 0 Å². The molecule has 1 aliphatic heterocycles. The third kappa shape index (κ3) is 3.36. The SMILES string of the molecule is Cn1cc(-c2cn3nc(OC(=O)C(F)(F)F)cc3c(OC3CC4CNC4C3)n2)cn1. The fourth-order valence-electron chi connectivity index (χ4n) is 3.87. The number of aromatic nitrogens is 5. The van der Waals surface area contributed by atoms with Crippen molar-refractivity contribution < 1.29 is 27.4 Å². The lowest BCUT2D eigenvalue weighted by Gasteiger charge is -2.31. The van der Waals surface area contributed by atoms with E-state index in [1.807, 2.05) is 0 Å². The number of hydrogen-bond donors (Lipinski definition) is 1. The molecule has 3 aromatic heterocycles. The number of nitrogens with one attached hydrogen (secondary N) is 1. The number of carbonyl (C=O) groups is 1. The van der Waals surface area contributed by atoms with E-state index in [1.165, 1.54) is 16.8 Å². The van der Waals surface area contributed by atoms with Crippen LogP contribution >= 0.6 is 0 Å². The van der Waals surface area contributed by atoms with Crippen molar-refractivity contribution in [3.63, 3.8) is 0 Å². The lowest BCUT2D eigenvalue weighted by Crippen LogP contribution is -2.49. The van der Waals surface area contributed by atoms with Crippen LogP contribution in [0.3, 0.4) is 0 Å². The summed E-state index contributed by atoms with van der Waals surface area (Å²) in [5.74, 6) is -2.06. The van der Waals surface area contributed by atoms with Crippen LogP contribution in [0.2, 0.25) is 0 Å². The first-order chi connectivity index (χ1) is 14.3. The molecule has 158 valence electrons. The van der Waals surface area contributed by atoms with E-state index < -0.39 is 18.0 Å². The van der Waals surface area contributed by atoms with Crippen molar-refractivity contribution in [2.24, 2.45) is 13.0 Å². The summed E-state index contributed by atoms with van der Waals surface area (Å²) in [7, 11) is 1.75. The van der Waals surface area contributed by atoms with Crippen molar-refractivity contribution >= 4 is 11.5 Å². The van der Waals surface area contributed by atoms with Gasteiger partial charge >= 0.3 is 12.1 Å². The first kappa shape index (κ1) is 18.9. The molecule has 3 atom stereocenters. The standard InChI is InChI=1S/C18H17F3N6O3/c1-26-7-10(6-23-26)13-8-27-14(4-15(25-27)30-17(28)18(19,20)21)16(24-13)29-11-2-9-5-22-12(9)3-11/h4,6-9,11-12,22H,2-3,5H2,1H3. The van der Waals surface area contributed by atoms with Gasteiger partial charge in [-0.1, -0.05) is 0 Å². The summed E-state index contributed by atoms with van der Waals surface area (Å²) >= 11 is 0. The van der Waals surface area contributed by atoms with E-state index in [0.717, 1.165) is 19.4 Å². The Labute approximate surface area is 167 Å². The Morgan fingerprint density at radius 1 is 1.30 bits per heavy atom. The highest BCUT2D eigenvalue weighted by Crippen LogP contribution is 2.36. The summed E-state index contributed by atoms with van der Waals surface area (Å²) in [5, 5.41) is 11.4. The number of aryl methyl sites for hydroxylation is 1. The van der Waals surface area contributed by atoms with E-state index in [2.05, 4.69) is 25.2 Å². The molecule has 1 aliphatic carbocycles. The molecule has 4 heterocycles. The minimum Gasteiger partial charge on any atom is -0.473 e. The van der Waals surface area contributed by atoms with Gasteiger partial charge in [-0.05, 0) is 25.3 Å². The van der Waals surface area contributed by atoms with E-state index in [-0.39, 0.29) is 12.0 Å². The largest absolute Gasteiger partial charge is 0.491 e. The third-order valence-corrected chi connectivity index (χ3v) is 5.40. The molecule has 0 amide bonds. The molecule has 0 radical (unpaired) electrons. The Morgan fingerprint density at radius 3 is 2.73 bits per heavy atom. The number of ether oxygens (including phenoxy) is 2. The van der Waals surface area contributed by atoms with Gasteiger partial charge in [-0.15, -0.1) is 5.10 Å². The van der Waals surface area contributed by atoms with Gasteiger partial charge in [-0.25, -0.2) is 14.3 Å². The molecular weight excluding hydrogens is 405 g/mol. The van der Waals surface area contributed by atoms with Gasteiger partial charge < -0.3 is 14.8 Å². The van der Waals surface area contributed by atoms with Crippen molar-refractivity contribution in [3.8, 4) is 23.0 Å². The van der Waals surface area contributed by atoms with E-state index in [0.29, 0.717) is 28.7 Å². The molecule has 9 nitrogen and oxygen atoms in total. The second-order valence-corrected chi connectivity index (χ2v) is 7.52. The molecule has 2 aliphatic rings. The Hall–Kier alpha value is -3.15. The van der Waals surface area contributed by atoms with Gasteiger partial charge in [0.15, 0.2) is 0 Å². The number of rotatable bonds is 4. The van der Waals surface area contributed by atoms with E-state index in [1.54, 1.807) is 24.1 Å². The minimum absolute atomic E-state index is 0.0773. The molecule has 1 saturated carbocycles. The molecule has 30 heavy (non-hydrogen) atoms. The van der Waals surface area contributed by atoms with Crippen LogP contribution in [0.25, 0.3) is 16.8 Å². The van der Waals surface area contributed by atoms with Gasteiger partial charge in [0, 0.05) is 30.9 Å². The Morgan fingerprint density at radius 2 is 2.13 bits per heavy atom. The molecule has 3 unspecified atom stereocenters. The maximum Gasteiger partial charge on any atom is 0.491 e. The number of fused-ring (bicyclic) bond motifs is 2. The maximum absolute atomic E-state index is 12.5. The molecule has 5 rings (SSSR count). The zero-order chi connectivity index (χ0) is 21.0. The molecule has 0 aromatic carbocycles. The van der Waals surface area contributed by atoms with Gasteiger partial charge in [-0.3, -0.25) is 4.68 Å². The quantitative estimate of drug-likeness (QED) is 0.640. The maximum atomic E-state index is 12.5. The minimum atomic E-state index is -5.12. The van der Waals surface area contributed by atoms with Crippen LogP contribution in [-0.2, 0) is 11.8 Å². The molecule has 2 fully saturated rings. The van der Waals surface area contributed by atoms with Crippen molar-refractivity contribution in [2.45, 2.75) is 31.2 Å². The zero-order valence-electron chi connectivity index (χ0n) is 15.8. The van der Waals surface area contributed by atoms with Gasteiger partial charge in [0.05, 0.1) is 18.1 Å². The highest BCUT2D eigenvalue weighted by molar-refractivity contribution is 5.78. The van der Waals surface area contributed by atoms with E-state index in [4.69, 9.17) is 4.74 Å². The number of hydrogen-bond acceptors (Lipinski definition) is 7. The van der Waals surface area contributed by atoms with E-state index in [9.17, 15) is 18.0 Å². The summed E-state index contributed by atoms with van der Waals surface area (Å²) < 4.78 is 51.0. The molecule has 12 heteroatoms. The summed E-state index contributed by atoms with van der Waals surface area (Å²) in [5.41, 5.74) is 1.46. The van der Waals surface area contributed by atoms with Gasteiger partial charge in [0.2, 0.25) is 11.8 Å². The first-order valence-electron chi connectivity index (χ1n) is 9.35. The van der Waals surface area contributed by atoms with Crippen molar-refractivity contribution in [1.82, 2.24) is 29.7 Å². The van der Waals surface area contributed by atoms with Gasteiger partial charge in [0.25, 0.3) is 0 Å². The zero-order valence-corrected chi connectivity index (χ0v) is 15.8. The van der Waals surface area contributed by atoms with Crippen molar-refractivity contribution in [3.05, 3.63) is 24.7 Å². The Kier molecular flexibility index (Phi) is 4.20. The van der Waals surface area contributed by atoms with Crippen LogP contribution in [0.15, 0.2) is 24.7 Å². The lowest BCUT2D eigenvalue weighted by atomic mass is 9.96. The number of esters is 1. The van der Waals surface area contributed by atoms with Crippen LogP contribution in [0.5, 0.6) is 11.8 Å². The van der Waals surface area contributed by atoms with E-state index >= 15 is 0 Å². The second kappa shape index (κ2) is 6.69. The third-order valence-electron chi connectivity index (χ3n) is 5.40. The lowest BCUT2D eigenvalue weighted by molar-refractivity contribution is -0.190. The monoisotopic (exact) mass is 422 g/mol. The molecule has 0 bridgehead atoms. The highest BCUT2D eigenvalue weighted by Gasteiger charge is 2.43. The topological polar surface area (TPSA) is 95.6 Å². The van der Waals surface area contributed by atoms with Gasteiger partial charge in [0.1, 0.15) is 11.6 Å². The van der Waals surface area contributed by atoms with Crippen molar-refractivity contribution in [2.75, 3.05) is 6.54 Å². The van der Waals surface area contributed by atoms with Crippen LogP contribution in [-0.4, -0.2) is 55.2 Å². The molecule has 0 spiro atoms. The number of alkyl halides is 3. The highest BCUT2D eigenvalue weighted by atomic mass is 19.4. The normalized spacial score (nSPS) is 23.3. The Balaban J connectivity index is 1.51. The number of carbonyl (C=O) groups excluding carboxylic acids is 1. The van der Waals surface area contributed by atoms with Crippen LogP contribution in [0, 0.1) is 5.92 Å². The number of nitrogens with zero attached hydrogens (tertiary/aromatic N) is 5. The smallest absolute Gasteiger partial charge is 0.473 e. The predicted octanol–water partition coefficient (Wildman–Crippen LogP) is 1.73. The average molecular weight is 422 g/mol. The molecular formula is C18H17F3N6O3. The summed E-state index contributed by atoms with van der Waals surface area (Å²) in [6, 6.07) is 1.63. The molecule has 1 saturated heterocycles. The summed E-state index contributed by atoms with van der Waals surface area (Å²) in [6.45, 7) is 0.952. The summed E-state index contributed by atoms with van der Waals surface area (Å²) in [6.07, 6.45) is 1.35. The second-order valence-electron chi connectivity index (χ2n) is 7.52. The Bertz CT molecular complexity index is 1110. The molecule has 3 aromatic rings. The first-order valence-corrected chi connectivity index (χ1v) is 9.35. The fraction of sp³-hybridized carbons (Fsp3) is 0.444.